The lowest BCUT2D eigenvalue weighted by Gasteiger charge is -2.13. The Bertz CT molecular complexity index is 224. The van der Waals surface area contributed by atoms with Gasteiger partial charge in [0, 0.05) is 19.5 Å². The lowest BCUT2D eigenvalue weighted by molar-refractivity contribution is -0.138. The highest BCUT2D eigenvalue weighted by Gasteiger charge is 2.02. The zero-order valence-electron chi connectivity index (χ0n) is 10.7. The number of aliphatic hydroxyl groups is 1. The highest BCUT2D eigenvalue weighted by Crippen LogP contribution is 1.84. The predicted molar refractivity (Wildman–Crippen MR) is 67.8 cm³/mol. The molecular formula is C12H22N2O3. The van der Waals surface area contributed by atoms with Gasteiger partial charge in [0.2, 0.25) is 0 Å². The van der Waals surface area contributed by atoms with Gasteiger partial charge in [-0.3, -0.25) is 14.7 Å². The molecule has 98 valence electrons. The summed E-state index contributed by atoms with van der Waals surface area (Å²) < 4.78 is 0. The summed E-state index contributed by atoms with van der Waals surface area (Å²) >= 11 is 0. The average molecular weight is 242 g/mol. The van der Waals surface area contributed by atoms with E-state index in [0.717, 1.165) is 20.2 Å². The monoisotopic (exact) mass is 242 g/mol. The van der Waals surface area contributed by atoms with Crippen LogP contribution >= 0.6 is 0 Å². The summed E-state index contributed by atoms with van der Waals surface area (Å²) in [6, 6.07) is 5.72. The zero-order chi connectivity index (χ0) is 13.5. The number of carboxylic acid groups (broad SMARTS) is 1. The Kier molecular flexibility index (Phi) is 15.3. The minimum atomic E-state index is -0.751. The van der Waals surface area contributed by atoms with E-state index in [1.807, 2.05) is 36.9 Å². The number of aliphatic hydroxyl groups excluding tert-OH is 1. The third kappa shape index (κ3) is 14.5. The molecule has 1 aromatic rings. The highest BCUT2D eigenvalue weighted by molar-refractivity contribution is 5.69. The minimum absolute atomic E-state index is 0.160. The Hall–Kier alpha value is -1.46. The van der Waals surface area contributed by atoms with Gasteiger partial charge in [-0.05, 0) is 25.2 Å². The normalized spacial score (nSPS) is 8.53. The van der Waals surface area contributed by atoms with Crippen LogP contribution in [0.3, 0.4) is 0 Å². The molecule has 2 N–H and O–H groups in total. The molecule has 5 heteroatoms. The number of aromatic nitrogens is 1. The Morgan fingerprint density at radius 3 is 1.71 bits per heavy atom. The number of pyridine rings is 1. The van der Waals surface area contributed by atoms with E-state index in [2.05, 4.69) is 4.98 Å². The number of likely N-dealkylation sites (N-methyl/N-ethyl adjacent to an activating group) is 1. The molecule has 1 heterocycles. The number of carbonyl (C=O) groups is 1. The van der Waals surface area contributed by atoms with Crippen molar-refractivity contribution in [1.82, 2.24) is 9.88 Å². The number of hydrogen-bond donors (Lipinski definition) is 2. The summed E-state index contributed by atoms with van der Waals surface area (Å²) in [5, 5.41) is 15.3. The molecule has 0 aromatic carbocycles. The molecule has 0 saturated heterocycles. The Morgan fingerprint density at radius 2 is 1.59 bits per heavy atom. The van der Waals surface area contributed by atoms with Crippen molar-refractivity contribution < 1.29 is 15.0 Å². The van der Waals surface area contributed by atoms with Crippen LogP contribution in [0.25, 0.3) is 0 Å². The van der Waals surface area contributed by atoms with Crippen molar-refractivity contribution in [1.29, 1.82) is 0 Å². The number of nitrogens with zero attached hydrogens (tertiary/aromatic N) is 2. The first-order valence-electron chi connectivity index (χ1n) is 5.44. The van der Waals surface area contributed by atoms with Gasteiger partial charge in [0.1, 0.15) is 0 Å². The van der Waals surface area contributed by atoms with Gasteiger partial charge in [-0.2, -0.15) is 0 Å². The standard InChI is InChI=1S/C6H13NO2.C5H5N.CH4O/c1-3-7(4-2)5-6(8)9;1-2-4-6-5-3-1;1-2/h3-5H2,1-2H3,(H,8,9);1-5H;2H,1H3. The molecule has 0 radical (unpaired) electrons. The van der Waals surface area contributed by atoms with E-state index in [-0.39, 0.29) is 6.54 Å². The van der Waals surface area contributed by atoms with E-state index in [0.29, 0.717) is 0 Å². The molecule has 0 unspecified atom stereocenters. The Labute approximate surface area is 103 Å². The van der Waals surface area contributed by atoms with E-state index in [1.54, 1.807) is 12.4 Å². The van der Waals surface area contributed by atoms with E-state index >= 15 is 0 Å². The van der Waals surface area contributed by atoms with Crippen LogP contribution in [0, 0.1) is 0 Å². The quantitative estimate of drug-likeness (QED) is 0.827. The van der Waals surface area contributed by atoms with E-state index in [4.69, 9.17) is 10.2 Å². The van der Waals surface area contributed by atoms with Gasteiger partial charge in [-0.1, -0.05) is 19.9 Å². The number of aliphatic carboxylic acids is 1. The summed E-state index contributed by atoms with van der Waals surface area (Å²) in [4.78, 5) is 15.7. The molecule has 0 aliphatic heterocycles. The van der Waals surface area contributed by atoms with Crippen molar-refractivity contribution in [2.75, 3.05) is 26.7 Å². The molecule has 17 heavy (non-hydrogen) atoms. The van der Waals surface area contributed by atoms with Gasteiger partial charge in [0.25, 0.3) is 0 Å². The number of hydrogen-bond acceptors (Lipinski definition) is 4. The zero-order valence-corrected chi connectivity index (χ0v) is 10.7. The first-order chi connectivity index (χ1) is 8.20. The van der Waals surface area contributed by atoms with Gasteiger partial charge in [0.15, 0.2) is 0 Å². The van der Waals surface area contributed by atoms with E-state index in [9.17, 15) is 4.79 Å². The molecule has 1 rings (SSSR count). The summed E-state index contributed by atoms with van der Waals surface area (Å²) in [6.45, 7) is 5.68. The van der Waals surface area contributed by atoms with Gasteiger partial charge < -0.3 is 10.2 Å². The fraction of sp³-hybridized carbons (Fsp3) is 0.500. The van der Waals surface area contributed by atoms with Crippen LogP contribution in [0.4, 0.5) is 0 Å². The molecule has 0 amide bonds. The van der Waals surface area contributed by atoms with Crippen LogP contribution in [0.1, 0.15) is 13.8 Å². The molecule has 0 aliphatic carbocycles. The van der Waals surface area contributed by atoms with E-state index < -0.39 is 5.97 Å². The first kappa shape index (κ1) is 17.9. The fourth-order valence-electron chi connectivity index (χ4n) is 0.951. The van der Waals surface area contributed by atoms with Crippen molar-refractivity contribution in [3.8, 4) is 0 Å². The molecule has 0 atom stereocenters. The van der Waals surface area contributed by atoms with Crippen molar-refractivity contribution in [2.24, 2.45) is 0 Å². The van der Waals surface area contributed by atoms with Crippen LogP contribution in [-0.2, 0) is 4.79 Å². The van der Waals surface area contributed by atoms with Crippen LogP contribution in [-0.4, -0.2) is 52.8 Å². The van der Waals surface area contributed by atoms with Gasteiger partial charge >= 0.3 is 5.97 Å². The molecule has 0 aliphatic rings. The van der Waals surface area contributed by atoms with Crippen LogP contribution in [0.15, 0.2) is 30.6 Å². The summed E-state index contributed by atoms with van der Waals surface area (Å²) in [5.41, 5.74) is 0. The van der Waals surface area contributed by atoms with Crippen molar-refractivity contribution in [2.45, 2.75) is 13.8 Å². The van der Waals surface area contributed by atoms with Crippen molar-refractivity contribution >= 4 is 5.97 Å². The molecule has 1 aromatic heterocycles. The van der Waals surface area contributed by atoms with Gasteiger partial charge in [0.05, 0.1) is 6.54 Å². The maximum Gasteiger partial charge on any atom is 0.317 e. The molecule has 0 spiro atoms. The summed E-state index contributed by atoms with van der Waals surface area (Å²) in [7, 11) is 1.00. The maximum absolute atomic E-state index is 10.1. The summed E-state index contributed by atoms with van der Waals surface area (Å²) in [5.74, 6) is -0.751. The highest BCUT2D eigenvalue weighted by atomic mass is 16.4. The molecule has 5 nitrogen and oxygen atoms in total. The topological polar surface area (TPSA) is 73.7 Å². The fourth-order valence-corrected chi connectivity index (χ4v) is 0.951. The Balaban J connectivity index is 0. The molecule has 0 fully saturated rings. The van der Waals surface area contributed by atoms with Gasteiger partial charge in [-0.25, -0.2) is 0 Å². The lowest BCUT2D eigenvalue weighted by atomic mass is 10.5. The Morgan fingerprint density at radius 1 is 1.12 bits per heavy atom. The largest absolute Gasteiger partial charge is 0.480 e. The van der Waals surface area contributed by atoms with Crippen molar-refractivity contribution in [3.63, 3.8) is 0 Å². The first-order valence-corrected chi connectivity index (χ1v) is 5.44. The maximum atomic E-state index is 10.1. The SMILES string of the molecule is CCN(CC)CC(=O)O.CO.c1ccncc1. The minimum Gasteiger partial charge on any atom is -0.480 e. The molecular weight excluding hydrogens is 220 g/mol. The second-order valence-corrected chi connectivity index (χ2v) is 2.88. The van der Waals surface area contributed by atoms with E-state index in [1.165, 1.54) is 0 Å². The average Bonchev–Trinajstić information content (AvgIpc) is 2.41. The number of carboxylic acids is 1. The number of rotatable bonds is 4. The third-order valence-corrected chi connectivity index (χ3v) is 1.82. The predicted octanol–water partition coefficient (Wildman–Crippen LogP) is 1.10. The van der Waals surface area contributed by atoms with Crippen LogP contribution in [0.2, 0.25) is 0 Å². The molecule has 0 bridgehead atoms. The second-order valence-electron chi connectivity index (χ2n) is 2.88. The second kappa shape index (κ2) is 14.5. The van der Waals surface area contributed by atoms with Gasteiger partial charge in [-0.15, -0.1) is 0 Å². The van der Waals surface area contributed by atoms with Crippen LogP contribution < -0.4 is 0 Å². The van der Waals surface area contributed by atoms with Crippen LogP contribution in [0.5, 0.6) is 0 Å². The third-order valence-electron chi connectivity index (χ3n) is 1.82. The van der Waals surface area contributed by atoms with Crippen molar-refractivity contribution in [3.05, 3.63) is 30.6 Å². The lowest BCUT2D eigenvalue weighted by Crippen LogP contribution is -2.29. The molecule has 0 saturated carbocycles. The smallest absolute Gasteiger partial charge is 0.317 e. The summed E-state index contributed by atoms with van der Waals surface area (Å²) in [6.07, 6.45) is 3.50.